The van der Waals surface area contributed by atoms with E-state index in [1.807, 2.05) is 0 Å². The van der Waals surface area contributed by atoms with Gasteiger partial charge in [0.25, 0.3) is 0 Å². The molecule has 3 atom stereocenters. The molecule has 0 aromatic heterocycles. The van der Waals surface area contributed by atoms with Crippen molar-refractivity contribution in [3.63, 3.8) is 0 Å². The third-order valence-corrected chi connectivity index (χ3v) is 5.07. The Morgan fingerprint density at radius 3 is 2.42 bits per heavy atom. The molecule has 0 aromatic carbocycles. The minimum absolute atomic E-state index is 0.672. The maximum Gasteiger partial charge on any atom is 0.0246 e. The van der Waals surface area contributed by atoms with E-state index in [0.29, 0.717) is 6.04 Å². The Bertz CT molecular complexity index is 227. The summed E-state index contributed by atoms with van der Waals surface area (Å²) >= 11 is 0. The van der Waals surface area contributed by atoms with Gasteiger partial charge in [-0.05, 0) is 64.1 Å². The summed E-state index contributed by atoms with van der Waals surface area (Å²) in [5, 5.41) is 3.56. The zero-order valence-corrected chi connectivity index (χ0v) is 13.9. The second-order valence-corrected chi connectivity index (χ2v) is 6.63. The largest absolute Gasteiger partial charge is 0.315 e. The highest BCUT2D eigenvalue weighted by molar-refractivity contribution is 4.85. The summed E-state index contributed by atoms with van der Waals surface area (Å²) in [4.78, 5) is 2.78. The number of hydrogen-bond acceptors (Lipinski definition) is 2. The maximum atomic E-state index is 3.56. The van der Waals surface area contributed by atoms with Crippen LogP contribution in [0.15, 0.2) is 0 Å². The van der Waals surface area contributed by atoms with E-state index < -0.39 is 0 Å². The molecule has 2 nitrogen and oxygen atoms in total. The average molecular weight is 268 g/mol. The van der Waals surface area contributed by atoms with Crippen molar-refractivity contribution in [1.82, 2.24) is 10.2 Å². The molecule has 1 aliphatic rings. The summed E-state index contributed by atoms with van der Waals surface area (Å²) in [6, 6.07) is 1.40. The highest BCUT2D eigenvalue weighted by Gasteiger charge is 2.27. The lowest BCUT2D eigenvalue weighted by atomic mass is 9.89. The Kier molecular flexibility index (Phi) is 8.01. The standard InChI is InChI=1S/C17H36N2/c1-6-9-16(18-5)17(7-2)19-12-8-10-15(11-13-19)14(3)4/h14-18H,6-13H2,1-5H3. The van der Waals surface area contributed by atoms with Gasteiger partial charge in [0.05, 0.1) is 0 Å². The zero-order chi connectivity index (χ0) is 14.3. The summed E-state index contributed by atoms with van der Waals surface area (Å²) in [5.74, 6) is 1.80. The molecule has 0 saturated carbocycles. The van der Waals surface area contributed by atoms with Crippen molar-refractivity contribution < 1.29 is 0 Å². The lowest BCUT2D eigenvalue weighted by Crippen LogP contribution is -2.49. The molecular formula is C17H36N2. The quantitative estimate of drug-likeness (QED) is 0.753. The number of likely N-dealkylation sites (N-methyl/N-ethyl adjacent to an activating group) is 1. The van der Waals surface area contributed by atoms with E-state index in [-0.39, 0.29) is 0 Å². The molecule has 0 amide bonds. The summed E-state index contributed by atoms with van der Waals surface area (Å²) < 4.78 is 0. The number of hydrogen-bond donors (Lipinski definition) is 1. The summed E-state index contributed by atoms with van der Waals surface area (Å²) in [6.07, 6.45) is 8.09. The van der Waals surface area contributed by atoms with Crippen molar-refractivity contribution in [3.05, 3.63) is 0 Å². The third kappa shape index (κ3) is 5.07. The van der Waals surface area contributed by atoms with Crippen molar-refractivity contribution in [2.75, 3.05) is 20.1 Å². The number of nitrogens with one attached hydrogen (secondary N) is 1. The summed E-state index contributed by atoms with van der Waals surface area (Å²) in [7, 11) is 2.14. The Morgan fingerprint density at radius 2 is 1.89 bits per heavy atom. The van der Waals surface area contributed by atoms with E-state index in [1.54, 1.807) is 0 Å². The van der Waals surface area contributed by atoms with Gasteiger partial charge in [0.1, 0.15) is 0 Å². The minimum atomic E-state index is 0.672. The lowest BCUT2D eigenvalue weighted by Gasteiger charge is -2.36. The van der Waals surface area contributed by atoms with Crippen molar-refractivity contribution in [2.24, 2.45) is 11.8 Å². The van der Waals surface area contributed by atoms with E-state index >= 15 is 0 Å². The maximum absolute atomic E-state index is 3.56. The first-order valence-electron chi connectivity index (χ1n) is 8.55. The number of nitrogens with zero attached hydrogens (tertiary/aromatic N) is 1. The first kappa shape index (κ1) is 17.0. The predicted octanol–water partition coefficient (Wildman–Crippen LogP) is 3.91. The highest BCUT2D eigenvalue weighted by atomic mass is 15.2. The minimum Gasteiger partial charge on any atom is -0.315 e. The molecule has 1 heterocycles. The zero-order valence-electron chi connectivity index (χ0n) is 13.9. The fraction of sp³-hybridized carbons (Fsp3) is 1.00. The molecule has 0 bridgehead atoms. The number of rotatable bonds is 7. The van der Waals surface area contributed by atoms with Crippen LogP contribution in [0.1, 0.15) is 66.2 Å². The fourth-order valence-electron chi connectivity index (χ4n) is 3.78. The number of likely N-dealkylation sites (tertiary alicyclic amines) is 1. The van der Waals surface area contributed by atoms with Crippen molar-refractivity contribution in [1.29, 1.82) is 0 Å². The molecule has 0 aromatic rings. The molecule has 1 saturated heterocycles. The predicted molar refractivity (Wildman–Crippen MR) is 85.6 cm³/mol. The average Bonchev–Trinajstić information content (AvgIpc) is 2.64. The summed E-state index contributed by atoms with van der Waals surface area (Å²) in [6.45, 7) is 12.1. The van der Waals surface area contributed by atoms with Crippen molar-refractivity contribution in [2.45, 2.75) is 78.3 Å². The van der Waals surface area contributed by atoms with Gasteiger partial charge in [0.15, 0.2) is 0 Å². The Labute approximate surface area is 121 Å². The Hall–Kier alpha value is -0.0800. The molecule has 1 N–H and O–H groups in total. The highest BCUT2D eigenvalue weighted by Crippen LogP contribution is 2.26. The van der Waals surface area contributed by atoms with Gasteiger partial charge in [-0.2, -0.15) is 0 Å². The molecule has 1 fully saturated rings. The third-order valence-electron chi connectivity index (χ3n) is 5.07. The van der Waals surface area contributed by atoms with Crippen LogP contribution >= 0.6 is 0 Å². The van der Waals surface area contributed by atoms with Crippen LogP contribution in [-0.2, 0) is 0 Å². The second-order valence-electron chi connectivity index (χ2n) is 6.63. The fourth-order valence-corrected chi connectivity index (χ4v) is 3.78. The van der Waals surface area contributed by atoms with Gasteiger partial charge in [0, 0.05) is 12.1 Å². The van der Waals surface area contributed by atoms with Gasteiger partial charge in [0.2, 0.25) is 0 Å². The first-order valence-corrected chi connectivity index (χ1v) is 8.55. The molecule has 0 aliphatic carbocycles. The second kappa shape index (κ2) is 8.97. The van der Waals surface area contributed by atoms with E-state index in [4.69, 9.17) is 0 Å². The monoisotopic (exact) mass is 268 g/mol. The van der Waals surface area contributed by atoms with Gasteiger partial charge in [-0.1, -0.05) is 34.1 Å². The van der Waals surface area contributed by atoms with Gasteiger partial charge >= 0.3 is 0 Å². The van der Waals surface area contributed by atoms with Crippen molar-refractivity contribution in [3.8, 4) is 0 Å². The SMILES string of the molecule is CCCC(NC)C(CC)N1CCCC(C(C)C)CC1. The molecule has 19 heavy (non-hydrogen) atoms. The molecule has 1 rings (SSSR count). The Morgan fingerprint density at radius 1 is 1.16 bits per heavy atom. The molecule has 2 heteroatoms. The molecule has 0 radical (unpaired) electrons. The smallest absolute Gasteiger partial charge is 0.0246 e. The van der Waals surface area contributed by atoms with E-state index in [9.17, 15) is 0 Å². The summed E-state index contributed by atoms with van der Waals surface area (Å²) in [5.41, 5.74) is 0. The van der Waals surface area contributed by atoms with Crippen LogP contribution in [0.5, 0.6) is 0 Å². The van der Waals surface area contributed by atoms with Crippen molar-refractivity contribution >= 4 is 0 Å². The molecular weight excluding hydrogens is 232 g/mol. The van der Waals surface area contributed by atoms with Gasteiger partial charge in [-0.15, -0.1) is 0 Å². The van der Waals surface area contributed by atoms with Crippen LogP contribution in [0.4, 0.5) is 0 Å². The molecule has 1 aliphatic heterocycles. The van der Waals surface area contributed by atoms with Gasteiger partial charge < -0.3 is 5.32 Å². The van der Waals surface area contributed by atoms with Crippen LogP contribution in [-0.4, -0.2) is 37.1 Å². The van der Waals surface area contributed by atoms with Crippen LogP contribution in [0.25, 0.3) is 0 Å². The van der Waals surface area contributed by atoms with Crippen LogP contribution in [0, 0.1) is 11.8 Å². The van der Waals surface area contributed by atoms with Crippen LogP contribution in [0.3, 0.4) is 0 Å². The Balaban J connectivity index is 2.60. The first-order chi connectivity index (χ1) is 9.13. The van der Waals surface area contributed by atoms with Gasteiger partial charge in [-0.25, -0.2) is 0 Å². The lowest BCUT2D eigenvalue weighted by molar-refractivity contribution is 0.151. The topological polar surface area (TPSA) is 15.3 Å². The molecule has 114 valence electrons. The van der Waals surface area contributed by atoms with E-state index in [1.165, 1.54) is 51.6 Å². The van der Waals surface area contributed by atoms with Gasteiger partial charge in [-0.3, -0.25) is 4.90 Å². The van der Waals surface area contributed by atoms with E-state index in [2.05, 4.69) is 45.0 Å². The normalized spacial score (nSPS) is 25.3. The molecule has 0 spiro atoms. The van der Waals surface area contributed by atoms with Crippen LogP contribution in [0.2, 0.25) is 0 Å². The van der Waals surface area contributed by atoms with E-state index in [0.717, 1.165) is 17.9 Å². The molecule has 3 unspecified atom stereocenters. The van der Waals surface area contributed by atoms with Crippen LogP contribution < -0.4 is 5.32 Å².